The Kier molecular flexibility index (Phi) is 4.46. The maximum absolute atomic E-state index is 12.7. The van der Waals surface area contributed by atoms with Crippen LogP contribution in [0.4, 0.5) is 4.39 Å². The second-order valence-corrected chi connectivity index (χ2v) is 6.91. The zero-order valence-corrected chi connectivity index (χ0v) is 11.6. The van der Waals surface area contributed by atoms with Crippen molar-refractivity contribution in [2.45, 2.75) is 25.5 Å². The van der Waals surface area contributed by atoms with Crippen molar-refractivity contribution >= 4 is 33.5 Å². The van der Waals surface area contributed by atoms with Crippen LogP contribution in [0.5, 0.6) is 0 Å². The first-order chi connectivity index (χ1) is 7.30. The molecule has 0 amide bonds. The van der Waals surface area contributed by atoms with Crippen molar-refractivity contribution in [1.82, 2.24) is 4.98 Å². The summed E-state index contributed by atoms with van der Waals surface area (Å²) in [5.41, 5.74) is 0.596. The largest absolute Gasteiger partial charge is 0.591 e. The van der Waals surface area contributed by atoms with Crippen molar-refractivity contribution in [3.8, 4) is 0 Å². The first-order valence-electron chi connectivity index (χ1n) is 4.58. The molecule has 0 aliphatic heterocycles. The van der Waals surface area contributed by atoms with Crippen LogP contribution < -0.4 is 0 Å². The van der Waals surface area contributed by atoms with Gasteiger partial charge in [0.2, 0.25) is 5.95 Å². The lowest BCUT2D eigenvalue weighted by Gasteiger charge is -2.17. The molecule has 1 heterocycles. The standard InChI is InChI=1S/C10H12BrFN2OS/c1-10(2,3)16(15)14-6-7-5-13-9(12)4-8(7)11/h4-6H,1-3H3/t16-/m0/s1. The minimum absolute atomic E-state index is 0.406. The molecular formula is C10H12BrFN2OS. The minimum atomic E-state index is -1.32. The Morgan fingerprint density at radius 1 is 1.56 bits per heavy atom. The second kappa shape index (κ2) is 5.25. The molecule has 1 aromatic rings. The number of aromatic nitrogens is 1. The predicted molar refractivity (Wildman–Crippen MR) is 67.4 cm³/mol. The molecule has 1 atom stereocenters. The van der Waals surface area contributed by atoms with E-state index in [1.54, 1.807) is 0 Å². The van der Waals surface area contributed by atoms with E-state index < -0.39 is 22.1 Å². The highest BCUT2D eigenvalue weighted by atomic mass is 79.9. The maximum Gasteiger partial charge on any atom is 0.213 e. The predicted octanol–water partition coefficient (Wildman–Crippen LogP) is 2.86. The van der Waals surface area contributed by atoms with E-state index in [4.69, 9.17) is 0 Å². The summed E-state index contributed by atoms with van der Waals surface area (Å²) < 4.78 is 28.4. The van der Waals surface area contributed by atoms with Crippen molar-refractivity contribution in [1.29, 1.82) is 0 Å². The van der Waals surface area contributed by atoms with E-state index in [-0.39, 0.29) is 0 Å². The zero-order valence-electron chi connectivity index (χ0n) is 9.20. The molecule has 0 unspecified atom stereocenters. The zero-order chi connectivity index (χ0) is 12.3. The van der Waals surface area contributed by atoms with Crippen molar-refractivity contribution in [2.75, 3.05) is 0 Å². The Morgan fingerprint density at radius 3 is 2.69 bits per heavy atom. The summed E-state index contributed by atoms with van der Waals surface area (Å²) >= 11 is 1.85. The number of hydrogen-bond acceptors (Lipinski definition) is 3. The van der Waals surface area contributed by atoms with Crippen LogP contribution in [0.15, 0.2) is 21.1 Å². The molecule has 0 spiro atoms. The Balaban J connectivity index is 2.85. The van der Waals surface area contributed by atoms with Crippen LogP contribution in [-0.2, 0) is 11.4 Å². The Labute approximate surface area is 106 Å². The van der Waals surface area contributed by atoms with Gasteiger partial charge in [0.1, 0.15) is 16.1 Å². The summed E-state index contributed by atoms with van der Waals surface area (Å²) in [5, 5.41) is 0. The molecule has 3 nitrogen and oxygen atoms in total. The highest BCUT2D eigenvalue weighted by molar-refractivity contribution is 9.10. The molecule has 0 fully saturated rings. The lowest BCUT2D eigenvalue weighted by molar-refractivity contribution is 0.562. The van der Waals surface area contributed by atoms with Crippen LogP contribution >= 0.6 is 15.9 Å². The molecule has 0 N–H and O–H groups in total. The van der Waals surface area contributed by atoms with E-state index in [2.05, 4.69) is 25.3 Å². The molecule has 0 radical (unpaired) electrons. The maximum atomic E-state index is 12.7. The van der Waals surface area contributed by atoms with Crippen LogP contribution in [0.1, 0.15) is 26.3 Å². The number of pyridine rings is 1. The molecular weight excluding hydrogens is 295 g/mol. The van der Waals surface area contributed by atoms with Gasteiger partial charge >= 0.3 is 0 Å². The van der Waals surface area contributed by atoms with Crippen LogP contribution in [0.3, 0.4) is 0 Å². The Bertz CT molecular complexity index is 406. The SMILES string of the molecule is CC(C)(C)[S@+]([O-])N=Cc1cnc(F)cc1Br. The molecule has 0 saturated carbocycles. The van der Waals surface area contributed by atoms with Crippen molar-refractivity contribution in [3.05, 3.63) is 28.2 Å². The third-order valence-electron chi connectivity index (χ3n) is 1.66. The van der Waals surface area contributed by atoms with Crippen molar-refractivity contribution in [3.63, 3.8) is 0 Å². The fourth-order valence-corrected chi connectivity index (χ4v) is 1.69. The van der Waals surface area contributed by atoms with E-state index in [0.717, 1.165) is 0 Å². The molecule has 88 valence electrons. The first-order valence-corrected chi connectivity index (χ1v) is 6.48. The smallest absolute Gasteiger partial charge is 0.213 e. The van der Waals surface area contributed by atoms with Crippen molar-refractivity contribution < 1.29 is 8.94 Å². The summed E-state index contributed by atoms with van der Waals surface area (Å²) in [4.78, 5) is 3.49. The van der Waals surface area contributed by atoms with E-state index in [1.165, 1.54) is 18.5 Å². The molecule has 6 heteroatoms. The summed E-state index contributed by atoms with van der Waals surface area (Å²) in [5.74, 6) is -0.569. The van der Waals surface area contributed by atoms with Gasteiger partial charge in [0.25, 0.3) is 0 Å². The highest BCUT2D eigenvalue weighted by Crippen LogP contribution is 2.18. The lowest BCUT2D eigenvalue weighted by Crippen LogP contribution is -2.25. The molecule has 1 aromatic heterocycles. The average Bonchev–Trinajstić information content (AvgIpc) is 2.14. The number of halogens is 2. The molecule has 0 aromatic carbocycles. The van der Waals surface area contributed by atoms with Gasteiger partial charge in [-0.2, -0.15) is 4.39 Å². The molecule has 0 saturated heterocycles. The summed E-state index contributed by atoms with van der Waals surface area (Å²) in [7, 11) is 0. The normalized spacial score (nSPS) is 14.4. The Morgan fingerprint density at radius 2 is 2.19 bits per heavy atom. The highest BCUT2D eigenvalue weighted by Gasteiger charge is 2.25. The van der Waals surface area contributed by atoms with Crippen LogP contribution in [-0.4, -0.2) is 20.5 Å². The molecule has 0 aliphatic rings. The van der Waals surface area contributed by atoms with E-state index in [1.807, 2.05) is 20.8 Å². The molecule has 16 heavy (non-hydrogen) atoms. The van der Waals surface area contributed by atoms with Gasteiger partial charge in [-0.15, -0.1) is 0 Å². The quantitative estimate of drug-likeness (QED) is 0.479. The number of rotatable bonds is 2. The van der Waals surface area contributed by atoms with Gasteiger partial charge < -0.3 is 4.55 Å². The summed E-state index contributed by atoms with van der Waals surface area (Å²) in [6, 6.07) is 1.24. The van der Waals surface area contributed by atoms with Gasteiger partial charge in [-0.05, 0) is 36.7 Å². The van der Waals surface area contributed by atoms with Gasteiger partial charge in [0.05, 0.1) is 6.21 Å². The van der Waals surface area contributed by atoms with E-state index >= 15 is 0 Å². The summed E-state index contributed by atoms with van der Waals surface area (Å²) in [6.07, 6.45) is 2.76. The number of nitrogens with zero attached hydrogens (tertiary/aromatic N) is 2. The van der Waals surface area contributed by atoms with Crippen LogP contribution in [0, 0.1) is 5.95 Å². The second-order valence-electron chi connectivity index (χ2n) is 4.12. The number of hydrogen-bond donors (Lipinski definition) is 0. The van der Waals surface area contributed by atoms with Crippen LogP contribution in [0.25, 0.3) is 0 Å². The lowest BCUT2D eigenvalue weighted by atomic mass is 10.3. The van der Waals surface area contributed by atoms with E-state index in [0.29, 0.717) is 10.0 Å². The fraction of sp³-hybridized carbons (Fsp3) is 0.400. The van der Waals surface area contributed by atoms with Crippen molar-refractivity contribution in [2.24, 2.45) is 4.40 Å². The molecule has 0 aliphatic carbocycles. The van der Waals surface area contributed by atoms with Gasteiger partial charge in [-0.3, -0.25) is 0 Å². The molecule has 1 rings (SSSR count). The minimum Gasteiger partial charge on any atom is -0.591 e. The monoisotopic (exact) mass is 306 g/mol. The third kappa shape index (κ3) is 3.84. The van der Waals surface area contributed by atoms with E-state index in [9.17, 15) is 8.94 Å². The van der Waals surface area contributed by atoms with Crippen LogP contribution in [0.2, 0.25) is 0 Å². The van der Waals surface area contributed by atoms with Gasteiger partial charge in [-0.1, -0.05) is 4.40 Å². The molecule has 0 bridgehead atoms. The topological polar surface area (TPSA) is 48.3 Å². The fourth-order valence-electron chi connectivity index (χ4n) is 0.776. The average molecular weight is 307 g/mol. The third-order valence-corrected chi connectivity index (χ3v) is 3.69. The first kappa shape index (κ1) is 13.6. The van der Waals surface area contributed by atoms with Gasteiger partial charge in [-0.25, -0.2) is 4.98 Å². The van der Waals surface area contributed by atoms with Gasteiger partial charge in [0, 0.05) is 22.3 Å². The Hall–Kier alpha value is -0.460. The summed E-state index contributed by atoms with van der Waals surface area (Å²) in [6.45, 7) is 5.50. The van der Waals surface area contributed by atoms with Gasteiger partial charge in [0.15, 0.2) is 0 Å².